The van der Waals surface area contributed by atoms with Crippen LogP contribution in [0.5, 0.6) is 11.5 Å². The van der Waals surface area contributed by atoms with Crippen molar-refractivity contribution < 1.29 is 19.0 Å². The number of ether oxygens (including phenoxy) is 3. The van der Waals surface area contributed by atoms with Crippen LogP contribution in [-0.4, -0.2) is 31.3 Å². The minimum absolute atomic E-state index is 0.156. The molecule has 3 aromatic carbocycles. The molecule has 0 spiro atoms. The predicted octanol–water partition coefficient (Wildman–Crippen LogP) is 5.97. The molecule has 1 aliphatic rings. The Kier molecular flexibility index (Phi) is 6.25. The summed E-state index contributed by atoms with van der Waals surface area (Å²) >= 11 is 0. The lowest BCUT2D eigenvalue weighted by molar-refractivity contribution is 0.0451. The zero-order chi connectivity index (χ0) is 23.3. The second kappa shape index (κ2) is 9.79. The Balaban J connectivity index is 1.37. The second-order valence-electron chi connectivity index (χ2n) is 8.07. The number of aromatic nitrogens is 1. The number of nitrogens with zero attached hydrogens (tertiary/aromatic N) is 1. The van der Waals surface area contributed by atoms with Crippen LogP contribution < -0.4 is 9.47 Å². The number of carbonyl (C=O) groups is 1. The van der Waals surface area contributed by atoms with E-state index in [4.69, 9.17) is 19.2 Å². The van der Waals surface area contributed by atoms with E-state index in [0.29, 0.717) is 11.3 Å². The maximum atomic E-state index is 13.2. The predicted molar refractivity (Wildman–Crippen MR) is 133 cm³/mol. The van der Waals surface area contributed by atoms with Gasteiger partial charge in [-0.2, -0.15) is 0 Å². The highest BCUT2D eigenvalue weighted by Crippen LogP contribution is 2.37. The molecule has 34 heavy (non-hydrogen) atoms. The number of hydrogen-bond acceptors (Lipinski definition) is 5. The number of fused-ring (bicyclic) bond motifs is 2. The molecule has 0 fully saturated rings. The lowest BCUT2D eigenvalue weighted by Gasteiger charge is -2.13. The Hall–Kier alpha value is -4.12. The molecule has 0 amide bonds. The number of esters is 1. The van der Waals surface area contributed by atoms with E-state index >= 15 is 0 Å². The SMILES string of the molecule is COc1ccc(OCCOC(=O)c2c3c(nc4ccccc24)C(=Cc2ccccc2)CC3)cc1. The summed E-state index contributed by atoms with van der Waals surface area (Å²) in [4.78, 5) is 18.2. The number of methoxy groups -OCH3 is 1. The van der Waals surface area contributed by atoms with Gasteiger partial charge in [-0.25, -0.2) is 9.78 Å². The van der Waals surface area contributed by atoms with Crippen molar-refractivity contribution in [3.8, 4) is 11.5 Å². The van der Waals surface area contributed by atoms with Crippen molar-refractivity contribution in [2.24, 2.45) is 0 Å². The van der Waals surface area contributed by atoms with Gasteiger partial charge in [-0.1, -0.05) is 48.5 Å². The Bertz CT molecular complexity index is 1340. The summed E-state index contributed by atoms with van der Waals surface area (Å²) in [5, 5.41) is 0.822. The van der Waals surface area contributed by atoms with E-state index in [2.05, 4.69) is 18.2 Å². The van der Waals surface area contributed by atoms with E-state index in [1.54, 1.807) is 7.11 Å². The minimum atomic E-state index is -0.339. The van der Waals surface area contributed by atoms with Gasteiger partial charge in [0.25, 0.3) is 0 Å². The average molecular weight is 452 g/mol. The largest absolute Gasteiger partial charge is 0.497 e. The number of hydrogen-bond donors (Lipinski definition) is 0. The molecule has 0 bridgehead atoms. The Morgan fingerprint density at radius 2 is 1.62 bits per heavy atom. The number of benzene rings is 3. The summed E-state index contributed by atoms with van der Waals surface area (Å²) in [6.45, 7) is 0.422. The van der Waals surface area contributed by atoms with E-state index in [0.717, 1.165) is 51.9 Å². The molecule has 5 nitrogen and oxygen atoms in total. The molecule has 5 heteroatoms. The first-order valence-electron chi connectivity index (χ1n) is 11.3. The summed E-state index contributed by atoms with van der Waals surface area (Å²) in [5.41, 5.74) is 5.53. The summed E-state index contributed by atoms with van der Waals surface area (Å²) in [7, 11) is 1.62. The van der Waals surface area contributed by atoms with Crippen LogP contribution in [0.4, 0.5) is 0 Å². The molecule has 0 saturated heterocycles. The zero-order valence-corrected chi connectivity index (χ0v) is 19.0. The van der Waals surface area contributed by atoms with Crippen LogP contribution in [0, 0.1) is 0 Å². The van der Waals surface area contributed by atoms with Crippen LogP contribution >= 0.6 is 0 Å². The molecular weight excluding hydrogens is 426 g/mol. The van der Waals surface area contributed by atoms with Crippen LogP contribution in [0.15, 0.2) is 78.9 Å². The van der Waals surface area contributed by atoms with E-state index in [-0.39, 0.29) is 19.2 Å². The first-order chi connectivity index (χ1) is 16.7. The Labute approximate surface area is 198 Å². The fourth-order valence-electron chi connectivity index (χ4n) is 4.30. The number of rotatable bonds is 7. The maximum Gasteiger partial charge on any atom is 0.339 e. The number of para-hydroxylation sites is 1. The molecule has 0 saturated carbocycles. The third kappa shape index (κ3) is 4.50. The maximum absolute atomic E-state index is 13.2. The smallest absolute Gasteiger partial charge is 0.339 e. The summed E-state index contributed by atoms with van der Waals surface area (Å²) in [6, 6.07) is 25.2. The van der Waals surface area contributed by atoms with Gasteiger partial charge in [0.05, 0.1) is 23.9 Å². The molecule has 170 valence electrons. The molecule has 0 N–H and O–H groups in total. The van der Waals surface area contributed by atoms with Gasteiger partial charge in [-0.15, -0.1) is 0 Å². The number of pyridine rings is 1. The lowest BCUT2D eigenvalue weighted by Crippen LogP contribution is -2.15. The standard InChI is InChI=1S/C29H25NO4/c1-32-22-12-14-23(15-13-22)33-17-18-34-29(31)27-24-9-5-6-10-26(24)30-28-21(11-16-25(27)28)19-20-7-3-2-4-8-20/h2-10,12-15,19H,11,16-18H2,1H3. The highest BCUT2D eigenvalue weighted by molar-refractivity contribution is 6.07. The van der Waals surface area contributed by atoms with E-state index in [1.165, 1.54) is 0 Å². The normalized spacial score (nSPS) is 13.6. The Morgan fingerprint density at radius 3 is 2.41 bits per heavy atom. The van der Waals surface area contributed by atoms with Crippen LogP contribution in [0.25, 0.3) is 22.6 Å². The molecule has 1 heterocycles. The van der Waals surface area contributed by atoms with Crippen LogP contribution in [-0.2, 0) is 11.2 Å². The van der Waals surface area contributed by atoms with Gasteiger partial charge in [-0.05, 0) is 65.9 Å². The van der Waals surface area contributed by atoms with Crippen molar-refractivity contribution in [1.82, 2.24) is 4.98 Å². The van der Waals surface area contributed by atoms with Gasteiger partial charge < -0.3 is 14.2 Å². The molecular formula is C29H25NO4. The number of carbonyl (C=O) groups excluding carboxylic acids is 1. The average Bonchev–Trinajstić information content (AvgIpc) is 3.27. The van der Waals surface area contributed by atoms with Crippen LogP contribution in [0.2, 0.25) is 0 Å². The first kappa shape index (κ1) is 21.7. The van der Waals surface area contributed by atoms with Crippen molar-refractivity contribution >= 4 is 28.5 Å². The third-order valence-electron chi connectivity index (χ3n) is 5.93. The zero-order valence-electron chi connectivity index (χ0n) is 19.0. The van der Waals surface area contributed by atoms with Gasteiger partial charge in [0.2, 0.25) is 0 Å². The molecule has 5 rings (SSSR count). The van der Waals surface area contributed by atoms with E-state index in [9.17, 15) is 4.79 Å². The first-order valence-corrected chi connectivity index (χ1v) is 11.3. The lowest BCUT2D eigenvalue weighted by atomic mass is 10.0. The molecule has 1 aliphatic carbocycles. The van der Waals surface area contributed by atoms with Gasteiger partial charge in [0.1, 0.15) is 24.7 Å². The molecule has 1 aromatic heterocycles. The van der Waals surface area contributed by atoms with Crippen molar-refractivity contribution in [1.29, 1.82) is 0 Å². The fraction of sp³-hybridized carbons (Fsp3) is 0.172. The van der Waals surface area contributed by atoms with Crippen molar-refractivity contribution in [3.63, 3.8) is 0 Å². The minimum Gasteiger partial charge on any atom is -0.497 e. The van der Waals surface area contributed by atoms with E-state index < -0.39 is 0 Å². The highest BCUT2D eigenvalue weighted by atomic mass is 16.6. The highest BCUT2D eigenvalue weighted by Gasteiger charge is 2.27. The Morgan fingerprint density at radius 1 is 0.882 bits per heavy atom. The number of allylic oxidation sites excluding steroid dienone is 1. The molecule has 0 unspecified atom stereocenters. The quantitative estimate of drug-likeness (QED) is 0.256. The van der Waals surface area contributed by atoms with Crippen LogP contribution in [0.1, 0.15) is 33.6 Å². The topological polar surface area (TPSA) is 57.7 Å². The third-order valence-corrected chi connectivity index (χ3v) is 5.93. The summed E-state index contributed by atoms with van der Waals surface area (Å²) < 4.78 is 16.5. The molecule has 4 aromatic rings. The van der Waals surface area contributed by atoms with Crippen molar-refractivity contribution in [3.05, 3.63) is 101 Å². The second-order valence-corrected chi connectivity index (χ2v) is 8.07. The summed E-state index contributed by atoms with van der Waals surface area (Å²) in [5.74, 6) is 1.12. The fourth-order valence-corrected chi connectivity index (χ4v) is 4.30. The van der Waals surface area contributed by atoms with Crippen molar-refractivity contribution in [2.45, 2.75) is 12.8 Å². The molecule has 0 atom stereocenters. The van der Waals surface area contributed by atoms with E-state index in [1.807, 2.05) is 66.7 Å². The monoisotopic (exact) mass is 451 g/mol. The molecule has 0 radical (unpaired) electrons. The van der Waals surface area contributed by atoms with Gasteiger partial charge in [-0.3, -0.25) is 0 Å². The van der Waals surface area contributed by atoms with Crippen molar-refractivity contribution in [2.75, 3.05) is 20.3 Å². The molecule has 0 aliphatic heterocycles. The van der Waals surface area contributed by atoms with Gasteiger partial charge in [0.15, 0.2) is 0 Å². The summed E-state index contributed by atoms with van der Waals surface area (Å²) in [6.07, 6.45) is 3.76. The van der Waals surface area contributed by atoms with Gasteiger partial charge >= 0.3 is 5.97 Å². The van der Waals surface area contributed by atoms with Gasteiger partial charge in [0, 0.05) is 5.39 Å². The van der Waals surface area contributed by atoms with Crippen LogP contribution in [0.3, 0.4) is 0 Å².